The summed E-state index contributed by atoms with van der Waals surface area (Å²) in [5, 5.41) is 11.8. The lowest BCUT2D eigenvalue weighted by atomic mass is 9.69. The number of pyridine rings is 1. The van der Waals surface area contributed by atoms with Crippen molar-refractivity contribution in [2.24, 2.45) is 28.9 Å². The second-order valence-corrected chi connectivity index (χ2v) is 15.6. The van der Waals surface area contributed by atoms with Crippen LogP contribution in [0, 0.1) is 34.8 Å². The number of likely N-dealkylation sites (tertiary alicyclic amines) is 1. The molecule has 2 N–H and O–H groups in total. The molecule has 1 unspecified atom stereocenters. The molecular weight excluding hydrogens is 620 g/mol. The molecule has 3 aromatic heterocycles. The van der Waals surface area contributed by atoms with Gasteiger partial charge in [-0.15, -0.1) is 0 Å². The second-order valence-electron chi connectivity index (χ2n) is 15.6. The number of piperidine rings is 1. The molecule has 10 heteroatoms. The Labute approximate surface area is 285 Å². The van der Waals surface area contributed by atoms with Crippen molar-refractivity contribution in [3.05, 3.63) is 76.7 Å². The van der Waals surface area contributed by atoms with E-state index in [1.165, 1.54) is 44.6 Å². The van der Waals surface area contributed by atoms with Gasteiger partial charge in [0.1, 0.15) is 0 Å². The summed E-state index contributed by atoms with van der Waals surface area (Å²) in [5.74, 6) is -0.428. The van der Waals surface area contributed by atoms with Crippen molar-refractivity contribution in [2.75, 3.05) is 13.1 Å². The fraction of sp³-hybridized carbons (Fsp3) is 0.487. The summed E-state index contributed by atoms with van der Waals surface area (Å²) < 4.78 is 31.5. The van der Waals surface area contributed by atoms with Gasteiger partial charge in [-0.2, -0.15) is 10.2 Å². The predicted octanol–water partition coefficient (Wildman–Crippen LogP) is 7.49. The highest BCUT2D eigenvalue weighted by Gasteiger charge is 2.54. The topological polar surface area (TPSA) is 94.9 Å². The Hall–Kier alpha value is -4.18. The first-order valence-electron chi connectivity index (χ1n) is 17.9. The van der Waals surface area contributed by atoms with E-state index < -0.39 is 17.5 Å². The van der Waals surface area contributed by atoms with Gasteiger partial charge in [-0.05, 0) is 110 Å². The minimum absolute atomic E-state index is 0.259. The summed E-state index contributed by atoms with van der Waals surface area (Å²) in [6.45, 7) is 10.5. The molecule has 1 atom stereocenters. The third-order valence-electron chi connectivity index (χ3n) is 11.4. The van der Waals surface area contributed by atoms with Crippen molar-refractivity contribution in [1.29, 1.82) is 0 Å². The van der Waals surface area contributed by atoms with Crippen LogP contribution in [0.3, 0.4) is 0 Å². The van der Waals surface area contributed by atoms with Crippen LogP contribution in [0.1, 0.15) is 86.6 Å². The number of aromatic nitrogens is 5. The number of benzene rings is 2. The van der Waals surface area contributed by atoms with Gasteiger partial charge in [0.25, 0.3) is 5.91 Å². The molecule has 1 amide bonds. The van der Waals surface area contributed by atoms with Crippen LogP contribution in [0.15, 0.2) is 42.6 Å². The largest absolute Gasteiger partial charge is 0.366 e. The Morgan fingerprint density at radius 3 is 2.47 bits per heavy atom. The van der Waals surface area contributed by atoms with Crippen LogP contribution in [-0.4, -0.2) is 48.4 Å². The average molecular weight is 666 g/mol. The van der Waals surface area contributed by atoms with Gasteiger partial charge in [0.2, 0.25) is 0 Å². The number of primary amides is 1. The number of rotatable bonds is 10. The minimum Gasteiger partial charge on any atom is -0.366 e. The van der Waals surface area contributed by atoms with Crippen LogP contribution in [0.25, 0.3) is 33.1 Å². The molecule has 0 radical (unpaired) electrons. The molecule has 1 aliphatic heterocycles. The molecule has 2 aromatic carbocycles. The molecule has 9 rings (SSSR count). The summed E-state index contributed by atoms with van der Waals surface area (Å²) in [4.78, 5) is 21.3. The molecule has 4 heterocycles. The van der Waals surface area contributed by atoms with E-state index in [0.29, 0.717) is 36.3 Å². The van der Waals surface area contributed by atoms with Crippen LogP contribution < -0.4 is 5.73 Å². The summed E-state index contributed by atoms with van der Waals surface area (Å²) >= 11 is 0. The minimum atomic E-state index is -0.880. The lowest BCUT2D eigenvalue weighted by molar-refractivity contribution is 0.0999. The van der Waals surface area contributed by atoms with Crippen LogP contribution in [0.5, 0.6) is 0 Å². The van der Waals surface area contributed by atoms with E-state index in [0.717, 1.165) is 76.3 Å². The molecule has 3 saturated carbocycles. The Kier molecular flexibility index (Phi) is 8.05. The number of nitrogens with zero attached hydrogens (tertiary/aromatic N) is 6. The summed E-state index contributed by atoms with van der Waals surface area (Å²) in [6.07, 6.45) is 9.69. The maximum absolute atomic E-state index is 14.0. The Balaban J connectivity index is 1.30. The highest BCUT2D eigenvalue weighted by atomic mass is 19.2. The fourth-order valence-corrected chi connectivity index (χ4v) is 9.12. The molecule has 1 saturated heterocycles. The number of hydrogen-bond acceptors (Lipinski definition) is 5. The van der Waals surface area contributed by atoms with Crippen LogP contribution in [0.2, 0.25) is 0 Å². The van der Waals surface area contributed by atoms with E-state index in [4.69, 9.17) is 15.8 Å². The number of nitrogens with two attached hydrogens (primary N) is 1. The van der Waals surface area contributed by atoms with Crippen LogP contribution >= 0.6 is 0 Å². The van der Waals surface area contributed by atoms with E-state index >= 15 is 0 Å². The molecule has 0 spiro atoms. The normalized spacial score (nSPS) is 22.4. The SMILES string of the molecule is CC(C)Cc1nc2c(c(CN3CCCCC3)nn2CC23CC(C)C(C2)C3)c(-c2ccc3c(cnn3Cc3ccc(F)c(F)c3)c2)c1C(N)=O. The van der Waals surface area contributed by atoms with Crippen LogP contribution in [0.4, 0.5) is 8.78 Å². The van der Waals surface area contributed by atoms with Gasteiger partial charge in [-0.3, -0.25) is 14.4 Å². The average Bonchev–Trinajstić information content (AvgIpc) is 3.78. The van der Waals surface area contributed by atoms with Crippen molar-refractivity contribution in [3.8, 4) is 11.1 Å². The van der Waals surface area contributed by atoms with E-state index in [2.05, 4.69) is 41.5 Å². The standard InChI is InChI=1S/C39H45F2N7O/c1-23(2)13-31-35(37(42)49)34(26-8-10-33-27(15-26)19-43-47(33)20-25-7-9-29(40)30(41)14-25)36-32(21-46-11-5-4-6-12-46)45-48(38(36)44-31)22-39-16-24(3)28(17-39)18-39/h7-10,14-15,19,23-24,28H,4-6,11-13,16-18,20-22H2,1-3H3,(H2,42,49). The van der Waals surface area contributed by atoms with Gasteiger partial charge in [0, 0.05) is 24.0 Å². The third-order valence-corrected chi connectivity index (χ3v) is 11.4. The van der Waals surface area contributed by atoms with E-state index in [-0.39, 0.29) is 11.3 Å². The van der Waals surface area contributed by atoms with Crippen molar-refractivity contribution in [1.82, 2.24) is 29.4 Å². The smallest absolute Gasteiger partial charge is 0.251 e. The van der Waals surface area contributed by atoms with Gasteiger partial charge >= 0.3 is 0 Å². The molecule has 4 aliphatic rings. The molecule has 49 heavy (non-hydrogen) atoms. The van der Waals surface area contributed by atoms with Gasteiger partial charge in [-0.1, -0.05) is 39.3 Å². The maximum Gasteiger partial charge on any atom is 0.251 e. The maximum atomic E-state index is 14.0. The van der Waals surface area contributed by atoms with Gasteiger partial charge in [-0.25, -0.2) is 18.4 Å². The predicted molar refractivity (Wildman–Crippen MR) is 187 cm³/mol. The third kappa shape index (κ3) is 5.81. The summed E-state index contributed by atoms with van der Waals surface area (Å²) in [7, 11) is 0. The van der Waals surface area contributed by atoms with Crippen molar-refractivity contribution < 1.29 is 13.6 Å². The number of fused-ring (bicyclic) bond motifs is 3. The zero-order valence-electron chi connectivity index (χ0n) is 28.7. The Morgan fingerprint density at radius 1 is 0.980 bits per heavy atom. The highest BCUT2D eigenvalue weighted by molar-refractivity contribution is 6.10. The van der Waals surface area contributed by atoms with Crippen molar-refractivity contribution in [3.63, 3.8) is 0 Å². The zero-order valence-corrected chi connectivity index (χ0v) is 28.7. The summed E-state index contributed by atoms with van der Waals surface area (Å²) in [6, 6.07) is 9.97. The van der Waals surface area contributed by atoms with Gasteiger partial charge in [0.15, 0.2) is 17.3 Å². The molecule has 2 bridgehead atoms. The first kappa shape index (κ1) is 32.0. The summed E-state index contributed by atoms with van der Waals surface area (Å²) in [5.41, 5.74) is 12.6. The van der Waals surface area contributed by atoms with Crippen LogP contribution in [-0.2, 0) is 26.1 Å². The van der Waals surface area contributed by atoms with Gasteiger partial charge < -0.3 is 5.73 Å². The quantitative estimate of drug-likeness (QED) is 0.167. The highest BCUT2D eigenvalue weighted by Crippen LogP contribution is 2.62. The first-order valence-corrected chi connectivity index (χ1v) is 17.9. The molecule has 5 aromatic rings. The van der Waals surface area contributed by atoms with E-state index in [1.54, 1.807) is 16.9 Å². The Bertz CT molecular complexity index is 2070. The lowest BCUT2D eigenvalue weighted by Crippen LogP contribution is -2.33. The van der Waals surface area contributed by atoms with Crippen molar-refractivity contribution >= 4 is 27.8 Å². The number of hydrogen-bond donors (Lipinski definition) is 1. The first-order chi connectivity index (χ1) is 23.6. The van der Waals surface area contributed by atoms with E-state index in [9.17, 15) is 13.6 Å². The molecule has 8 nitrogen and oxygen atoms in total. The van der Waals surface area contributed by atoms with Gasteiger partial charge in [0.05, 0.1) is 40.6 Å². The molecular formula is C39H45F2N7O. The lowest BCUT2D eigenvalue weighted by Gasteiger charge is -2.38. The molecule has 3 aliphatic carbocycles. The van der Waals surface area contributed by atoms with Crippen molar-refractivity contribution in [2.45, 2.75) is 85.4 Å². The number of carbonyl (C=O) groups excluding carboxylic acids is 1. The number of halogens is 2. The Morgan fingerprint density at radius 2 is 1.78 bits per heavy atom. The van der Waals surface area contributed by atoms with E-state index in [1.807, 2.05) is 12.1 Å². The number of carbonyl (C=O) groups is 1. The monoisotopic (exact) mass is 665 g/mol. The molecule has 4 fully saturated rings. The zero-order chi connectivity index (χ0) is 34.0. The number of amides is 1. The molecule has 256 valence electrons. The second kappa shape index (κ2) is 12.3. The fourth-order valence-electron chi connectivity index (χ4n) is 9.12.